The minimum absolute atomic E-state index is 0.0671. The van der Waals surface area contributed by atoms with E-state index in [4.69, 9.17) is 5.26 Å². The number of nitriles is 1. The predicted molar refractivity (Wildman–Crippen MR) is 65.9 cm³/mol. The molecule has 18 heavy (non-hydrogen) atoms. The first kappa shape index (κ1) is 13.6. The summed E-state index contributed by atoms with van der Waals surface area (Å²) in [4.78, 5) is 22.0. The molecule has 0 spiro atoms. The Kier molecular flexibility index (Phi) is 3.67. The Bertz CT molecular complexity index is 544. The summed E-state index contributed by atoms with van der Waals surface area (Å²) in [5, 5.41) is 22.1. The second kappa shape index (κ2) is 4.84. The smallest absolute Gasteiger partial charge is 0.274 e. The minimum Gasteiger partial charge on any atom is -0.324 e. The van der Waals surface area contributed by atoms with Gasteiger partial charge in [0.2, 0.25) is 5.91 Å². The number of nitro benzene ring substituents is 1. The third kappa shape index (κ3) is 2.83. The SMILES string of the molecule is Cc1ccc(NC(=O)C(C)(C)C#N)cc1[N+](=O)[O-]. The van der Waals surface area contributed by atoms with Gasteiger partial charge in [0.15, 0.2) is 0 Å². The van der Waals surface area contributed by atoms with Crippen molar-refractivity contribution in [2.24, 2.45) is 5.41 Å². The molecule has 0 fully saturated rings. The van der Waals surface area contributed by atoms with Gasteiger partial charge in [0.25, 0.3) is 5.69 Å². The van der Waals surface area contributed by atoms with Crippen LogP contribution in [0.3, 0.4) is 0 Å². The van der Waals surface area contributed by atoms with Crippen molar-refractivity contribution in [1.29, 1.82) is 5.26 Å². The quantitative estimate of drug-likeness (QED) is 0.655. The Labute approximate surface area is 104 Å². The van der Waals surface area contributed by atoms with E-state index in [-0.39, 0.29) is 5.69 Å². The second-order valence-corrected chi connectivity index (χ2v) is 4.45. The number of nitro groups is 1. The molecule has 0 saturated heterocycles. The summed E-state index contributed by atoms with van der Waals surface area (Å²) in [6, 6.07) is 6.25. The predicted octanol–water partition coefficient (Wildman–Crippen LogP) is 2.39. The van der Waals surface area contributed by atoms with E-state index < -0.39 is 16.2 Å². The molecule has 1 rings (SSSR count). The number of nitrogens with zero attached hydrogens (tertiary/aromatic N) is 2. The molecule has 6 nitrogen and oxygen atoms in total. The number of anilines is 1. The monoisotopic (exact) mass is 247 g/mol. The van der Waals surface area contributed by atoms with Crippen molar-refractivity contribution < 1.29 is 9.72 Å². The molecule has 0 aliphatic heterocycles. The van der Waals surface area contributed by atoms with Gasteiger partial charge in [0.1, 0.15) is 5.41 Å². The summed E-state index contributed by atoms with van der Waals surface area (Å²) < 4.78 is 0. The molecular weight excluding hydrogens is 234 g/mol. The highest BCUT2D eigenvalue weighted by molar-refractivity contribution is 5.96. The van der Waals surface area contributed by atoms with Crippen molar-refractivity contribution >= 4 is 17.3 Å². The average molecular weight is 247 g/mol. The summed E-state index contributed by atoms with van der Waals surface area (Å²) >= 11 is 0. The lowest BCUT2D eigenvalue weighted by Gasteiger charge is -2.15. The lowest BCUT2D eigenvalue weighted by Crippen LogP contribution is -2.29. The molecule has 0 radical (unpaired) electrons. The highest BCUT2D eigenvalue weighted by Gasteiger charge is 2.27. The van der Waals surface area contributed by atoms with Crippen molar-refractivity contribution in [2.75, 3.05) is 5.32 Å². The molecule has 0 aromatic heterocycles. The summed E-state index contributed by atoms with van der Waals surface area (Å²) in [5.74, 6) is -0.497. The number of rotatable bonds is 3. The van der Waals surface area contributed by atoms with Crippen LogP contribution in [-0.4, -0.2) is 10.8 Å². The van der Waals surface area contributed by atoms with Gasteiger partial charge in [0, 0.05) is 17.3 Å². The Morgan fingerprint density at radius 1 is 1.50 bits per heavy atom. The molecular formula is C12H13N3O3. The molecule has 0 aliphatic carbocycles. The Hall–Kier alpha value is -2.42. The van der Waals surface area contributed by atoms with Crippen LogP contribution in [0, 0.1) is 33.8 Å². The Morgan fingerprint density at radius 2 is 2.11 bits per heavy atom. The molecule has 0 unspecified atom stereocenters. The molecule has 0 heterocycles. The van der Waals surface area contributed by atoms with Gasteiger partial charge in [-0.15, -0.1) is 0 Å². The van der Waals surface area contributed by atoms with Crippen LogP contribution in [0.4, 0.5) is 11.4 Å². The van der Waals surface area contributed by atoms with Crippen LogP contribution < -0.4 is 5.32 Å². The van der Waals surface area contributed by atoms with Gasteiger partial charge in [0.05, 0.1) is 11.0 Å². The standard InChI is InChI=1S/C12H13N3O3/c1-8-4-5-9(6-10(8)15(17)18)14-11(16)12(2,3)7-13/h4-6H,1-3H3,(H,14,16). The summed E-state index contributed by atoms with van der Waals surface area (Å²) in [7, 11) is 0. The first-order chi connectivity index (χ1) is 8.27. The Balaban J connectivity index is 3.01. The number of hydrogen-bond acceptors (Lipinski definition) is 4. The zero-order valence-electron chi connectivity index (χ0n) is 10.4. The van der Waals surface area contributed by atoms with Gasteiger partial charge in [-0.3, -0.25) is 14.9 Å². The van der Waals surface area contributed by atoms with Gasteiger partial charge in [-0.2, -0.15) is 5.26 Å². The molecule has 0 aliphatic rings. The van der Waals surface area contributed by atoms with E-state index in [1.807, 2.05) is 6.07 Å². The maximum Gasteiger partial charge on any atom is 0.274 e. The van der Waals surface area contributed by atoms with Crippen LogP contribution in [-0.2, 0) is 4.79 Å². The number of carbonyl (C=O) groups is 1. The minimum atomic E-state index is -1.18. The number of carbonyl (C=O) groups excluding carboxylic acids is 1. The van der Waals surface area contributed by atoms with Crippen molar-refractivity contribution in [3.05, 3.63) is 33.9 Å². The molecule has 0 atom stereocenters. The number of amides is 1. The van der Waals surface area contributed by atoms with Gasteiger partial charge in [-0.1, -0.05) is 6.07 Å². The number of hydrogen-bond donors (Lipinski definition) is 1. The van der Waals surface area contributed by atoms with E-state index in [2.05, 4.69) is 5.32 Å². The van der Waals surface area contributed by atoms with E-state index in [0.717, 1.165) is 0 Å². The first-order valence-electron chi connectivity index (χ1n) is 5.25. The summed E-state index contributed by atoms with van der Waals surface area (Å²) in [5.41, 5.74) is -0.430. The van der Waals surface area contributed by atoms with E-state index in [9.17, 15) is 14.9 Å². The van der Waals surface area contributed by atoms with E-state index in [1.54, 1.807) is 19.1 Å². The highest BCUT2D eigenvalue weighted by atomic mass is 16.6. The van der Waals surface area contributed by atoms with E-state index in [0.29, 0.717) is 11.3 Å². The van der Waals surface area contributed by atoms with E-state index >= 15 is 0 Å². The highest BCUT2D eigenvalue weighted by Crippen LogP contribution is 2.24. The van der Waals surface area contributed by atoms with Gasteiger partial charge < -0.3 is 5.32 Å². The summed E-state index contributed by atoms with van der Waals surface area (Å²) in [6.07, 6.45) is 0. The van der Waals surface area contributed by atoms with Crippen molar-refractivity contribution in [1.82, 2.24) is 0 Å². The van der Waals surface area contributed by atoms with Crippen LogP contribution in [0.2, 0.25) is 0 Å². The second-order valence-electron chi connectivity index (χ2n) is 4.45. The molecule has 0 saturated carbocycles. The molecule has 1 amide bonds. The van der Waals surface area contributed by atoms with Crippen LogP contribution in [0.25, 0.3) is 0 Å². The largest absolute Gasteiger partial charge is 0.324 e. The normalized spacial score (nSPS) is 10.6. The molecule has 0 bridgehead atoms. The van der Waals surface area contributed by atoms with Gasteiger partial charge in [-0.25, -0.2) is 0 Å². The van der Waals surface area contributed by atoms with Crippen LogP contribution >= 0.6 is 0 Å². The molecule has 1 N–H and O–H groups in total. The molecule has 1 aromatic carbocycles. The lowest BCUT2D eigenvalue weighted by molar-refractivity contribution is -0.385. The maximum atomic E-state index is 11.7. The topological polar surface area (TPSA) is 96.0 Å². The fraction of sp³-hybridized carbons (Fsp3) is 0.333. The average Bonchev–Trinajstić information content (AvgIpc) is 2.31. The first-order valence-corrected chi connectivity index (χ1v) is 5.25. The number of benzene rings is 1. The Morgan fingerprint density at radius 3 is 2.61 bits per heavy atom. The number of aryl methyl sites for hydroxylation is 1. The zero-order valence-corrected chi connectivity index (χ0v) is 10.4. The van der Waals surface area contributed by atoms with Crippen molar-refractivity contribution in [2.45, 2.75) is 20.8 Å². The van der Waals surface area contributed by atoms with Crippen molar-refractivity contribution in [3.8, 4) is 6.07 Å². The number of nitrogens with one attached hydrogen (secondary N) is 1. The van der Waals surface area contributed by atoms with Gasteiger partial charge in [-0.05, 0) is 26.8 Å². The van der Waals surface area contributed by atoms with Crippen LogP contribution in [0.15, 0.2) is 18.2 Å². The van der Waals surface area contributed by atoms with Crippen molar-refractivity contribution in [3.63, 3.8) is 0 Å². The molecule has 1 aromatic rings. The molecule has 6 heteroatoms. The molecule has 94 valence electrons. The van der Waals surface area contributed by atoms with Crippen LogP contribution in [0.1, 0.15) is 19.4 Å². The zero-order chi connectivity index (χ0) is 13.9. The fourth-order valence-corrected chi connectivity index (χ4v) is 1.22. The maximum absolute atomic E-state index is 11.7. The van der Waals surface area contributed by atoms with E-state index in [1.165, 1.54) is 19.9 Å². The lowest BCUT2D eigenvalue weighted by atomic mass is 9.94. The van der Waals surface area contributed by atoms with Gasteiger partial charge >= 0.3 is 0 Å². The summed E-state index contributed by atoms with van der Waals surface area (Å²) in [6.45, 7) is 4.57. The third-order valence-corrected chi connectivity index (χ3v) is 2.51. The van der Waals surface area contributed by atoms with Crippen LogP contribution in [0.5, 0.6) is 0 Å². The third-order valence-electron chi connectivity index (χ3n) is 2.51. The fourth-order valence-electron chi connectivity index (χ4n) is 1.22.